The lowest BCUT2D eigenvalue weighted by atomic mass is 9.53. The van der Waals surface area contributed by atoms with Crippen LogP contribution >= 0.6 is 24.8 Å². The standard InChI is InChI=1S/C21H31N3O.2ClH/c1-14(22)6-7-20(25)23-18-4-2-3-5-19(18)24-21-11-15-8-16(12-21)10-17(9-15)13-21;;/h2-5,14-17,24H,6-13,22H2,1H3,(H,23,25);2*1H. The number of para-hydroxylation sites is 2. The number of anilines is 2. The Kier molecular flexibility index (Phi) is 7.46. The van der Waals surface area contributed by atoms with Crippen molar-refractivity contribution in [3.63, 3.8) is 0 Å². The van der Waals surface area contributed by atoms with E-state index >= 15 is 0 Å². The first-order valence-corrected chi connectivity index (χ1v) is 9.94. The Morgan fingerprint density at radius 3 is 2.11 bits per heavy atom. The van der Waals surface area contributed by atoms with E-state index in [9.17, 15) is 4.79 Å². The van der Waals surface area contributed by atoms with Gasteiger partial charge in [0.15, 0.2) is 0 Å². The Bertz CT molecular complexity index is 615. The molecule has 0 radical (unpaired) electrons. The van der Waals surface area contributed by atoms with E-state index in [2.05, 4.69) is 22.8 Å². The maximum Gasteiger partial charge on any atom is 0.224 e. The Hall–Kier alpha value is -0.970. The summed E-state index contributed by atoms with van der Waals surface area (Å²) in [5, 5.41) is 6.98. The molecule has 4 aliphatic carbocycles. The van der Waals surface area contributed by atoms with Crippen LogP contribution in [0.25, 0.3) is 0 Å². The van der Waals surface area contributed by atoms with E-state index in [4.69, 9.17) is 5.73 Å². The highest BCUT2D eigenvalue weighted by molar-refractivity contribution is 5.94. The minimum absolute atomic E-state index is 0. The fraction of sp³-hybridized carbons (Fsp3) is 0.667. The van der Waals surface area contributed by atoms with Gasteiger partial charge in [-0.2, -0.15) is 0 Å². The fourth-order valence-corrected chi connectivity index (χ4v) is 5.82. The molecule has 1 amide bonds. The third kappa shape index (κ3) is 5.10. The third-order valence-electron chi connectivity index (χ3n) is 6.47. The molecule has 5 rings (SSSR count). The SMILES string of the molecule is CC(N)CCC(=O)Nc1ccccc1NC12CC3CC(CC(C3)C1)C2.Cl.Cl. The molecule has 4 bridgehead atoms. The van der Waals surface area contributed by atoms with Crippen molar-refractivity contribution in [2.45, 2.75) is 69.9 Å². The van der Waals surface area contributed by atoms with Gasteiger partial charge in [-0.3, -0.25) is 4.79 Å². The molecule has 1 aromatic carbocycles. The van der Waals surface area contributed by atoms with Gasteiger partial charge < -0.3 is 16.4 Å². The minimum atomic E-state index is 0. The van der Waals surface area contributed by atoms with E-state index in [0.717, 1.165) is 35.5 Å². The first-order valence-electron chi connectivity index (χ1n) is 9.94. The quantitative estimate of drug-likeness (QED) is 0.615. The third-order valence-corrected chi connectivity index (χ3v) is 6.47. The van der Waals surface area contributed by atoms with Gasteiger partial charge in [0, 0.05) is 18.0 Å². The highest BCUT2D eigenvalue weighted by atomic mass is 35.5. The molecule has 1 aromatic rings. The maximum atomic E-state index is 12.2. The van der Waals surface area contributed by atoms with Gasteiger partial charge >= 0.3 is 0 Å². The first-order chi connectivity index (χ1) is 12.0. The molecule has 0 saturated heterocycles. The number of rotatable bonds is 6. The van der Waals surface area contributed by atoms with Gasteiger partial charge in [-0.1, -0.05) is 12.1 Å². The van der Waals surface area contributed by atoms with Gasteiger partial charge in [-0.15, -0.1) is 24.8 Å². The number of halogens is 2. The molecule has 1 atom stereocenters. The van der Waals surface area contributed by atoms with Gasteiger partial charge in [0.1, 0.15) is 0 Å². The van der Waals surface area contributed by atoms with Crippen molar-refractivity contribution in [1.82, 2.24) is 0 Å². The van der Waals surface area contributed by atoms with E-state index < -0.39 is 0 Å². The predicted octanol–water partition coefficient (Wildman–Crippen LogP) is 4.98. The number of amides is 1. The van der Waals surface area contributed by atoms with Crippen molar-refractivity contribution >= 4 is 42.1 Å². The summed E-state index contributed by atoms with van der Waals surface area (Å²) < 4.78 is 0. The zero-order chi connectivity index (χ0) is 17.4. The Labute approximate surface area is 175 Å². The first kappa shape index (κ1) is 22.3. The van der Waals surface area contributed by atoms with Gasteiger partial charge in [-0.05, 0) is 81.8 Å². The molecule has 0 spiro atoms. The average Bonchev–Trinajstić information content (AvgIpc) is 2.53. The Balaban J connectivity index is 0.00000131. The van der Waals surface area contributed by atoms with Gasteiger partial charge in [0.2, 0.25) is 5.91 Å². The second-order valence-electron chi connectivity index (χ2n) is 8.93. The zero-order valence-electron chi connectivity index (χ0n) is 16.1. The number of benzene rings is 1. The van der Waals surface area contributed by atoms with Crippen molar-refractivity contribution in [3.05, 3.63) is 24.3 Å². The van der Waals surface area contributed by atoms with Crippen LogP contribution in [0.1, 0.15) is 58.3 Å². The number of carbonyl (C=O) groups excluding carboxylic acids is 1. The number of hydrogen-bond donors (Lipinski definition) is 3. The number of carbonyl (C=O) groups is 1. The van der Waals surface area contributed by atoms with Crippen LogP contribution in [0.2, 0.25) is 0 Å². The van der Waals surface area contributed by atoms with E-state index in [1.54, 1.807) is 0 Å². The summed E-state index contributed by atoms with van der Waals surface area (Å²) in [4.78, 5) is 12.2. The summed E-state index contributed by atoms with van der Waals surface area (Å²) in [5.74, 6) is 2.78. The van der Waals surface area contributed by atoms with Gasteiger partial charge in [-0.25, -0.2) is 0 Å². The van der Waals surface area contributed by atoms with E-state index in [1.807, 2.05) is 19.1 Å². The van der Waals surface area contributed by atoms with Gasteiger partial charge in [0.05, 0.1) is 11.4 Å². The highest BCUT2D eigenvalue weighted by Crippen LogP contribution is 2.56. The van der Waals surface area contributed by atoms with Crippen molar-refractivity contribution in [1.29, 1.82) is 0 Å². The molecule has 4 fully saturated rings. The highest BCUT2D eigenvalue weighted by Gasteiger charge is 2.51. The lowest BCUT2D eigenvalue weighted by Crippen LogP contribution is -2.54. The largest absolute Gasteiger partial charge is 0.378 e. The van der Waals surface area contributed by atoms with E-state index in [1.165, 1.54) is 38.5 Å². The van der Waals surface area contributed by atoms with E-state index in [0.29, 0.717) is 6.42 Å². The average molecular weight is 414 g/mol. The van der Waals surface area contributed by atoms with Crippen LogP contribution in [-0.4, -0.2) is 17.5 Å². The molecular weight excluding hydrogens is 381 g/mol. The molecular formula is C21H33Cl2N3O. The smallest absolute Gasteiger partial charge is 0.224 e. The molecule has 152 valence electrons. The Morgan fingerprint density at radius 1 is 1.07 bits per heavy atom. The van der Waals surface area contributed by atoms with E-state index in [-0.39, 0.29) is 42.3 Å². The molecule has 0 aromatic heterocycles. The van der Waals surface area contributed by atoms with Crippen LogP contribution in [0.4, 0.5) is 11.4 Å². The van der Waals surface area contributed by atoms with Crippen LogP contribution in [-0.2, 0) is 4.79 Å². The summed E-state index contributed by atoms with van der Waals surface area (Å²) >= 11 is 0. The second-order valence-corrected chi connectivity index (χ2v) is 8.93. The van der Waals surface area contributed by atoms with Crippen LogP contribution < -0.4 is 16.4 Å². The van der Waals surface area contributed by atoms with Crippen LogP contribution in [0.3, 0.4) is 0 Å². The van der Waals surface area contributed by atoms with Crippen molar-refractivity contribution in [3.8, 4) is 0 Å². The molecule has 27 heavy (non-hydrogen) atoms. The topological polar surface area (TPSA) is 67.2 Å². The Morgan fingerprint density at radius 2 is 1.59 bits per heavy atom. The van der Waals surface area contributed by atoms with Crippen LogP contribution in [0, 0.1) is 17.8 Å². The van der Waals surface area contributed by atoms with Crippen molar-refractivity contribution in [2.75, 3.05) is 10.6 Å². The van der Waals surface area contributed by atoms with Crippen molar-refractivity contribution in [2.24, 2.45) is 23.5 Å². The molecule has 4 nitrogen and oxygen atoms in total. The molecule has 6 heteroatoms. The van der Waals surface area contributed by atoms with Gasteiger partial charge in [0.25, 0.3) is 0 Å². The number of nitrogens with one attached hydrogen (secondary N) is 2. The summed E-state index contributed by atoms with van der Waals surface area (Å²) in [7, 11) is 0. The normalized spacial score (nSPS) is 31.4. The number of hydrogen-bond acceptors (Lipinski definition) is 3. The monoisotopic (exact) mass is 413 g/mol. The summed E-state index contributed by atoms with van der Waals surface area (Å²) in [6.45, 7) is 1.94. The molecule has 4 saturated carbocycles. The number of nitrogens with two attached hydrogens (primary N) is 1. The fourth-order valence-electron chi connectivity index (χ4n) is 5.82. The molecule has 4 N–H and O–H groups in total. The summed E-state index contributed by atoms with van der Waals surface area (Å²) in [6.07, 6.45) is 9.41. The minimum Gasteiger partial charge on any atom is -0.378 e. The zero-order valence-corrected chi connectivity index (χ0v) is 17.7. The lowest BCUT2D eigenvalue weighted by Gasteiger charge is -2.57. The van der Waals surface area contributed by atoms with Crippen molar-refractivity contribution < 1.29 is 4.79 Å². The molecule has 4 aliphatic rings. The second kappa shape index (κ2) is 9.02. The summed E-state index contributed by atoms with van der Waals surface area (Å²) in [5.41, 5.74) is 8.01. The maximum absolute atomic E-state index is 12.2. The predicted molar refractivity (Wildman–Crippen MR) is 117 cm³/mol. The lowest BCUT2D eigenvalue weighted by molar-refractivity contribution is -0.116. The molecule has 1 unspecified atom stereocenters. The summed E-state index contributed by atoms with van der Waals surface area (Å²) in [6, 6.07) is 8.23. The molecule has 0 heterocycles. The van der Waals surface area contributed by atoms with Crippen LogP contribution in [0.5, 0.6) is 0 Å². The molecule has 0 aliphatic heterocycles. The van der Waals surface area contributed by atoms with Crippen LogP contribution in [0.15, 0.2) is 24.3 Å².